The van der Waals surface area contributed by atoms with E-state index < -0.39 is 22.6 Å². The Morgan fingerprint density at radius 2 is 1.87 bits per heavy atom. The van der Waals surface area contributed by atoms with Crippen LogP contribution in [0.15, 0.2) is 36.5 Å². The van der Waals surface area contributed by atoms with Crippen molar-refractivity contribution in [2.45, 2.75) is 75.5 Å². The van der Waals surface area contributed by atoms with Gasteiger partial charge in [-0.1, -0.05) is 30.2 Å². The van der Waals surface area contributed by atoms with Crippen LogP contribution in [-0.2, 0) is 29.4 Å². The molecule has 2 saturated carbocycles. The first-order valence-electron chi connectivity index (χ1n) is 13.9. The molecule has 2 aromatic rings. The van der Waals surface area contributed by atoms with Crippen LogP contribution in [0.2, 0.25) is 5.02 Å². The zero-order chi connectivity index (χ0) is 27.4. The maximum atomic E-state index is 14.1. The number of nitriles is 1. The number of amides is 1. The normalized spacial score (nSPS) is 28.5. The van der Waals surface area contributed by atoms with E-state index in [1.165, 1.54) is 6.07 Å². The number of hydrogen-bond acceptors (Lipinski definition) is 4. The summed E-state index contributed by atoms with van der Waals surface area (Å²) in [7, 11) is 0. The average Bonchev–Trinajstić information content (AvgIpc) is 3.51. The zero-order valence-electron chi connectivity index (χ0n) is 21.8. The second-order valence-corrected chi connectivity index (χ2v) is 12.3. The summed E-state index contributed by atoms with van der Waals surface area (Å²) in [5.41, 5.74) is 0.468. The van der Waals surface area contributed by atoms with Gasteiger partial charge in [-0.05, 0) is 73.8 Å². The van der Waals surface area contributed by atoms with E-state index >= 15 is 0 Å². The number of carbonyl (C=O) groups excluding carboxylic acids is 1. The van der Waals surface area contributed by atoms with Crippen molar-refractivity contribution in [2.24, 2.45) is 11.3 Å². The van der Waals surface area contributed by atoms with E-state index in [2.05, 4.69) is 16.0 Å². The molecule has 3 heterocycles. The predicted molar refractivity (Wildman–Crippen MR) is 141 cm³/mol. The third-order valence-corrected chi connectivity index (χ3v) is 10.2. The van der Waals surface area contributed by atoms with Crippen molar-refractivity contribution in [2.75, 3.05) is 19.6 Å². The number of piperidine rings is 1. The van der Waals surface area contributed by atoms with Crippen LogP contribution in [0, 0.1) is 22.7 Å². The Kier molecular flexibility index (Phi) is 6.67. The van der Waals surface area contributed by atoms with Gasteiger partial charge in [0.15, 0.2) is 0 Å². The fourth-order valence-electron chi connectivity index (χ4n) is 7.81. The van der Waals surface area contributed by atoms with Gasteiger partial charge in [0, 0.05) is 55.6 Å². The second-order valence-electron chi connectivity index (χ2n) is 11.9. The monoisotopic (exact) mass is 556 g/mol. The molecule has 1 aromatic carbocycles. The molecule has 2 aliphatic carbocycles. The van der Waals surface area contributed by atoms with Crippen molar-refractivity contribution in [3.05, 3.63) is 63.9 Å². The number of nitrogens with zero attached hydrogens (tertiary/aromatic N) is 4. The summed E-state index contributed by atoms with van der Waals surface area (Å²) in [6, 6.07) is 11.6. The molecule has 0 radical (unpaired) electrons. The van der Waals surface area contributed by atoms with E-state index in [9.17, 15) is 23.2 Å². The highest BCUT2D eigenvalue weighted by molar-refractivity contribution is 6.30. The number of halogens is 4. The highest BCUT2D eigenvalue weighted by Gasteiger charge is 2.57. The van der Waals surface area contributed by atoms with Gasteiger partial charge in [0.1, 0.15) is 0 Å². The largest absolute Gasteiger partial charge is 0.417 e. The van der Waals surface area contributed by atoms with Gasteiger partial charge in [-0.2, -0.15) is 18.4 Å². The van der Waals surface area contributed by atoms with Crippen LogP contribution in [0.5, 0.6) is 0 Å². The summed E-state index contributed by atoms with van der Waals surface area (Å²) in [6.45, 7) is 2.31. The molecule has 9 heteroatoms. The van der Waals surface area contributed by atoms with E-state index in [1.807, 2.05) is 24.3 Å². The highest BCUT2D eigenvalue weighted by atomic mass is 35.5. The van der Waals surface area contributed by atoms with E-state index in [0.717, 1.165) is 69.8 Å². The number of carbonyl (C=O) groups is 1. The van der Waals surface area contributed by atoms with Gasteiger partial charge >= 0.3 is 6.18 Å². The molecule has 3 atom stereocenters. The van der Waals surface area contributed by atoms with Crippen LogP contribution in [0.4, 0.5) is 13.2 Å². The van der Waals surface area contributed by atoms with Crippen LogP contribution in [-0.4, -0.2) is 46.4 Å². The highest BCUT2D eigenvalue weighted by Crippen LogP contribution is 2.57. The summed E-state index contributed by atoms with van der Waals surface area (Å²) in [5, 5.41) is 10.8. The van der Waals surface area contributed by atoms with Crippen LogP contribution in [0.1, 0.15) is 67.3 Å². The first-order chi connectivity index (χ1) is 18.6. The molecule has 1 amide bonds. The topological polar surface area (TPSA) is 60.2 Å². The number of hydrogen-bond donors (Lipinski definition) is 0. The third-order valence-electron chi connectivity index (χ3n) is 9.97. The lowest BCUT2D eigenvalue weighted by Crippen LogP contribution is -2.48. The summed E-state index contributed by atoms with van der Waals surface area (Å²) in [5.74, 6) is 0.412. The van der Waals surface area contributed by atoms with Gasteiger partial charge in [-0.3, -0.25) is 9.78 Å². The Bertz CT molecular complexity index is 1300. The molecule has 5 nitrogen and oxygen atoms in total. The number of alkyl halides is 3. The number of aromatic nitrogens is 1. The molecule has 3 fully saturated rings. The Labute approximate surface area is 231 Å². The molecule has 0 unspecified atom stereocenters. The standard InChI is InChI=1S/C30H32ClF3N4O/c31-24-5-3-21(4-6-24)28(19-35)9-12-37(13-10-28)25-15-22-2-1-8-29(22,16-25)27(39)38-11-7-26-20(18-38)14-23(17-36-26)30(32,33)34/h3-6,14,17,22,25H,1-2,7-13,15-16,18H2/t22-,25-,29-/m1/s1. The first kappa shape index (κ1) is 26.6. The second kappa shape index (κ2) is 9.78. The average molecular weight is 557 g/mol. The molecule has 6 rings (SSSR count). The van der Waals surface area contributed by atoms with Crippen LogP contribution < -0.4 is 0 Å². The number of rotatable bonds is 3. The molecule has 2 aliphatic heterocycles. The van der Waals surface area contributed by atoms with E-state index in [4.69, 9.17) is 11.6 Å². The number of likely N-dealkylation sites (tertiary alicyclic amines) is 1. The van der Waals surface area contributed by atoms with Gasteiger partial charge < -0.3 is 9.80 Å². The molecule has 0 spiro atoms. The molecule has 1 aromatic heterocycles. The lowest BCUT2D eigenvalue weighted by molar-refractivity contribution is -0.144. The minimum Gasteiger partial charge on any atom is -0.337 e. The Morgan fingerprint density at radius 3 is 2.56 bits per heavy atom. The van der Waals surface area contributed by atoms with Gasteiger partial charge in [-0.15, -0.1) is 0 Å². The lowest BCUT2D eigenvalue weighted by Gasteiger charge is -2.41. The molecular weight excluding hydrogens is 525 g/mol. The smallest absolute Gasteiger partial charge is 0.337 e. The predicted octanol–water partition coefficient (Wildman–Crippen LogP) is 6.14. The van der Waals surface area contributed by atoms with Crippen molar-refractivity contribution < 1.29 is 18.0 Å². The van der Waals surface area contributed by atoms with Crippen molar-refractivity contribution >= 4 is 17.5 Å². The summed E-state index contributed by atoms with van der Waals surface area (Å²) < 4.78 is 39.9. The first-order valence-corrected chi connectivity index (χ1v) is 14.3. The van der Waals surface area contributed by atoms with Gasteiger partial charge in [-0.25, -0.2) is 0 Å². The van der Waals surface area contributed by atoms with Crippen molar-refractivity contribution in [3.8, 4) is 6.07 Å². The number of benzene rings is 1. The Morgan fingerprint density at radius 1 is 1.13 bits per heavy atom. The van der Waals surface area contributed by atoms with Crippen molar-refractivity contribution in [1.29, 1.82) is 5.26 Å². The molecule has 0 N–H and O–H groups in total. The molecular formula is C30H32ClF3N4O. The SMILES string of the molecule is N#CC1(c2ccc(Cl)cc2)CCN([C@@H]2C[C@H]3CCC[C@@]3(C(=O)N3CCc4ncc(C(F)(F)F)cc4C3)C2)CC1. The van der Waals surface area contributed by atoms with Crippen molar-refractivity contribution in [1.82, 2.24) is 14.8 Å². The lowest BCUT2D eigenvalue weighted by atomic mass is 9.73. The Balaban J connectivity index is 1.16. The molecule has 4 aliphatic rings. The maximum absolute atomic E-state index is 14.1. The molecule has 1 saturated heterocycles. The zero-order valence-corrected chi connectivity index (χ0v) is 22.6. The van der Waals surface area contributed by atoms with Crippen molar-refractivity contribution in [3.63, 3.8) is 0 Å². The van der Waals surface area contributed by atoms with Crippen LogP contribution in [0.3, 0.4) is 0 Å². The Hall–Kier alpha value is -2.63. The fraction of sp³-hybridized carbons (Fsp3) is 0.567. The van der Waals surface area contributed by atoms with Crippen LogP contribution in [0.25, 0.3) is 0 Å². The van der Waals surface area contributed by atoms with Gasteiger partial charge in [0.05, 0.1) is 22.5 Å². The van der Waals surface area contributed by atoms with Gasteiger partial charge in [0.25, 0.3) is 0 Å². The third kappa shape index (κ3) is 4.62. The number of pyridine rings is 1. The quantitative estimate of drug-likeness (QED) is 0.455. The minimum absolute atomic E-state index is 0.111. The molecule has 206 valence electrons. The summed E-state index contributed by atoms with van der Waals surface area (Å²) >= 11 is 6.07. The fourth-order valence-corrected chi connectivity index (χ4v) is 7.94. The minimum atomic E-state index is -4.45. The van der Waals surface area contributed by atoms with E-state index in [-0.39, 0.29) is 18.5 Å². The summed E-state index contributed by atoms with van der Waals surface area (Å²) in [4.78, 5) is 22.4. The number of fused-ring (bicyclic) bond motifs is 2. The maximum Gasteiger partial charge on any atom is 0.417 e. The summed E-state index contributed by atoms with van der Waals surface area (Å²) in [6.07, 6.45) is 3.06. The molecule has 39 heavy (non-hydrogen) atoms. The van der Waals surface area contributed by atoms with Crippen LogP contribution >= 0.6 is 11.6 Å². The molecule has 0 bridgehead atoms. The van der Waals surface area contributed by atoms with E-state index in [0.29, 0.717) is 35.2 Å². The van der Waals surface area contributed by atoms with E-state index in [1.54, 1.807) is 4.90 Å². The van der Waals surface area contributed by atoms with Gasteiger partial charge in [0.2, 0.25) is 5.91 Å².